The summed E-state index contributed by atoms with van der Waals surface area (Å²) in [6.07, 6.45) is 0. The lowest BCUT2D eigenvalue weighted by Gasteiger charge is -1.97. The van der Waals surface area contributed by atoms with Gasteiger partial charge in [0.05, 0.1) is 0 Å². The fourth-order valence-corrected chi connectivity index (χ4v) is 2.21. The summed E-state index contributed by atoms with van der Waals surface area (Å²) in [5, 5.41) is 0. The van der Waals surface area contributed by atoms with Gasteiger partial charge in [0.2, 0.25) is 0 Å². The van der Waals surface area contributed by atoms with Gasteiger partial charge in [-0.25, -0.2) is 0 Å². The fourth-order valence-electron chi connectivity index (χ4n) is 0.760. The molecule has 0 bridgehead atoms. The molecule has 0 saturated carbocycles. The Morgan fingerprint density at radius 1 is 1.33 bits per heavy atom. The maximum Gasteiger partial charge on any atom is 0.538 e. The molecule has 1 aromatic carbocycles. The molecule has 0 N–H and O–H groups in total. The fraction of sp³-hybridized carbons (Fsp3) is 0.143. The molecule has 0 atom stereocenters. The van der Waals surface area contributed by atoms with Crippen LogP contribution in [0.1, 0.15) is 5.56 Å². The minimum atomic E-state index is -0.465. The van der Waals surface area contributed by atoms with Gasteiger partial charge in [-0.3, -0.25) is 0 Å². The van der Waals surface area contributed by atoms with E-state index >= 15 is 0 Å². The molecular formula is C7H7ClMg. The first-order valence-electron chi connectivity index (χ1n) is 2.95. The average Bonchev–Trinajstić information content (AvgIpc) is 1.89. The topological polar surface area (TPSA) is 0 Å². The highest BCUT2D eigenvalue weighted by atomic mass is 35.5. The molecule has 0 spiro atoms. The number of halogens is 1. The van der Waals surface area contributed by atoms with Crippen LogP contribution in [-0.2, 0) is 0 Å². The van der Waals surface area contributed by atoms with Gasteiger partial charge >= 0.3 is 19.3 Å². The average molecular weight is 151 g/mol. The summed E-state index contributed by atoms with van der Waals surface area (Å²) in [7, 11) is 5.77. The Hall–Kier alpha value is 0.276. The third-order valence-electron chi connectivity index (χ3n) is 1.41. The van der Waals surface area contributed by atoms with Crippen LogP contribution in [0.4, 0.5) is 0 Å². The molecule has 0 fully saturated rings. The van der Waals surface area contributed by atoms with Crippen LogP contribution in [0.25, 0.3) is 0 Å². The van der Waals surface area contributed by atoms with Gasteiger partial charge in [-0.2, -0.15) is 0 Å². The molecule has 0 saturated heterocycles. The predicted octanol–water partition coefficient (Wildman–Crippen LogP) is 1.48. The van der Waals surface area contributed by atoms with E-state index in [2.05, 4.69) is 19.1 Å². The van der Waals surface area contributed by atoms with Gasteiger partial charge < -0.3 is 9.07 Å². The minimum Gasteiger partial charge on any atom is -0.336 e. The van der Waals surface area contributed by atoms with Gasteiger partial charge in [0.25, 0.3) is 0 Å². The van der Waals surface area contributed by atoms with Crippen molar-refractivity contribution in [2.24, 2.45) is 0 Å². The second-order valence-electron chi connectivity index (χ2n) is 2.06. The number of rotatable bonds is 1. The van der Waals surface area contributed by atoms with Crippen molar-refractivity contribution >= 4 is 32.0 Å². The van der Waals surface area contributed by atoms with Crippen LogP contribution >= 0.6 is 9.07 Å². The van der Waals surface area contributed by atoms with Crippen LogP contribution in [0.3, 0.4) is 0 Å². The van der Waals surface area contributed by atoms with E-state index in [1.807, 2.05) is 12.1 Å². The third-order valence-corrected chi connectivity index (χ3v) is 3.35. The van der Waals surface area contributed by atoms with E-state index in [1.54, 1.807) is 0 Å². The van der Waals surface area contributed by atoms with Gasteiger partial charge in [0, 0.05) is 0 Å². The van der Waals surface area contributed by atoms with Gasteiger partial charge in [-0.1, -0.05) is 29.8 Å². The molecular weight excluding hydrogens is 144 g/mol. The summed E-state index contributed by atoms with van der Waals surface area (Å²) in [6.45, 7) is 2.10. The number of benzene rings is 1. The predicted molar refractivity (Wildman–Crippen MR) is 42.4 cm³/mol. The van der Waals surface area contributed by atoms with E-state index in [0.29, 0.717) is 0 Å². The molecule has 0 aliphatic heterocycles. The van der Waals surface area contributed by atoms with Crippen molar-refractivity contribution in [3.05, 3.63) is 29.8 Å². The molecule has 0 heterocycles. The zero-order chi connectivity index (χ0) is 6.69. The van der Waals surface area contributed by atoms with Gasteiger partial charge in [0.15, 0.2) is 0 Å². The number of aryl methyl sites for hydroxylation is 1. The lowest BCUT2D eigenvalue weighted by Crippen LogP contribution is -2.11. The smallest absolute Gasteiger partial charge is 0.336 e. The maximum atomic E-state index is 5.77. The zero-order valence-electron chi connectivity index (χ0n) is 5.39. The van der Waals surface area contributed by atoms with E-state index in [0.717, 1.165) is 0 Å². The summed E-state index contributed by atoms with van der Waals surface area (Å²) in [6, 6.07) is 8.29. The molecule has 0 radical (unpaired) electrons. The third kappa shape index (κ3) is 1.85. The van der Waals surface area contributed by atoms with Crippen LogP contribution in [0, 0.1) is 6.92 Å². The largest absolute Gasteiger partial charge is 0.538 e. The molecule has 1 aromatic rings. The quantitative estimate of drug-likeness (QED) is 0.533. The molecule has 2 heteroatoms. The first-order valence-corrected chi connectivity index (χ1v) is 5.79. The molecule has 0 nitrogen and oxygen atoms in total. The molecule has 0 aromatic heterocycles. The summed E-state index contributed by atoms with van der Waals surface area (Å²) in [4.78, 5) is 0. The van der Waals surface area contributed by atoms with Crippen molar-refractivity contribution in [1.82, 2.24) is 0 Å². The van der Waals surface area contributed by atoms with Crippen molar-refractivity contribution in [1.29, 1.82) is 0 Å². The SMILES string of the molecule is Cc1cccc[c]1[Mg][Cl]. The Kier molecular flexibility index (Phi) is 2.83. The molecule has 9 heavy (non-hydrogen) atoms. The summed E-state index contributed by atoms with van der Waals surface area (Å²) < 4.78 is 1.36. The second-order valence-corrected chi connectivity index (χ2v) is 3.89. The van der Waals surface area contributed by atoms with E-state index < -0.39 is 19.3 Å². The van der Waals surface area contributed by atoms with Gasteiger partial charge in [0.1, 0.15) is 0 Å². The maximum absolute atomic E-state index is 5.77. The Balaban J connectivity index is 3.01. The number of hydrogen-bond donors (Lipinski definition) is 0. The molecule has 1 rings (SSSR count). The molecule has 0 amide bonds. The summed E-state index contributed by atoms with van der Waals surface area (Å²) >= 11 is -0.465. The van der Waals surface area contributed by atoms with Crippen LogP contribution in [0.5, 0.6) is 0 Å². The van der Waals surface area contributed by atoms with Gasteiger partial charge in [-0.15, -0.1) is 3.69 Å². The second kappa shape index (κ2) is 3.45. The summed E-state index contributed by atoms with van der Waals surface area (Å²) in [5.41, 5.74) is 1.33. The van der Waals surface area contributed by atoms with Crippen LogP contribution in [0.15, 0.2) is 24.3 Å². The van der Waals surface area contributed by atoms with Crippen molar-refractivity contribution in [3.63, 3.8) is 0 Å². The standard InChI is InChI=1S/C7H7.ClH.Mg/c1-7-5-3-2-4-6-7;;/h2-5H,1H3;1H;/q;;+1/p-1. The number of hydrogen-bond acceptors (Lipinski definition) is 0. The molecule has 0 aliphatic rings. The van der Waals surface area contributed by atoms with E-state index in [9.17, 15) is 0 Å². The van der Waals surface area contributed by atoms with E-state index in [1.165, 1.54) is 9.26 Å². The Morgan fingerprint density at radius 2 is 2.00 bits per heavy atom. The minimum absolute atomic E-state index is 0.465. The lowest BCUT2D eigenvalue weighted by molar-refractivity contribution is 1.52. The van der Waals surface area contributed by atoms with Crippen molar-refractivity contribution < 1.29 is 0 Å². The van der Waals surface area contributed by atoms with Crippen LogP contribution in [-0.4, -0.2) is 19.3 Å². The van der Waals surface area contributed by atoms with Crippen molar-refractivity contribution in [2.45, 2.75) is 6.92 Å². The zero-order valence-corrected chi connectivity index (χ0v) is 7.56. The Labute approximate surface area is 68.7 Å². The van der Waals surface area contributed by atoms with Crippen molar-refractivity contribution in [3.8, 4) is 0 Å². The first kappa shape index (κ1) is 7.38. The molecule has 0 unspecified atom stereocenters. The monoisotopic (exact) mass is 150 g/mol. The van der Waals surface area contributed by atoms with Crippen LogP contribution < -0.4 is 3.69 Å². The highest BCUT2D eigenvalue weighted by Gasteiger charge is 1.96. The highest BCUT2D eigenvalue weighted by Crippen LogP contribution is 1.91. The first-order chi connectivity index (χ1) is 4.34. The van der Waals surface area contributed by atoms with E-state index in [-0.39, 0.29) is 0 Å². The van der Waals surface area contributed by atoms with Crippen molar-refractivity contribution in [2.75, 3.05) is 0 Å². The normalized spacial score (nSPS) is 8.67. The van der Waals surface area contributed by atoms with Crippen LogP contribution in [0.2, 0.25) is 0 Å². The van der Waals surface area contributed by atoms with Gasteiger partial charge in [-0.05, 0) is 6.92 Å². The molecule has 44 valence electrons. The highest BCUT2D eigenvalue weighted by molar-refractivity contribution is 7.01. The van der Waals surface area contributed by atoms with E-state index in [4.69, 9.17) is 9.07 Å². The Morgan fingerprint density at radius 3 is 2.44 bits per heavy atom. The molecule has 0 aliphatic carbocycles. The summed E-state index contributed by atoms with van der Waals surface area (Å²) in [5.74, 6) is 0. The lowest BCUT2D eigenvalue weighted by atomic mass is 10.2. The Bertz CT molecular complexity index is 198.